The minimum Gasteiger partial charge on any atom is -0.466 e. The number of nitrogens with zero attached hydrogens (tertiary/aromatic N) is 1. The van der Waals surface area contributed by atoms with Crippen molar-refractivity contribution in [2.75, 3.05) is 6.61 Å². The lowest BCUT2D eigenvalue weighted by atomic mass is 10.3. The average molecular weight is 195 g/mol. The molecule has 0 saturated carbocycles. The monoisotopic (exact) mass is 195 g/mol. The Balaban J connectivity index is 2.32. The Kier molecular flexibility index (Phi) is 3.91. The van der Waals surface area contributed by atoms with Gasteiger partial charge in [0.25, 0.3) is 0 Å². The molecular formula is C10H13NO3. The molecule has 0 aromatic carbocycles. The molecule has 0 radical (unpaired) electrons. The van der Waals surface area contributed by atoms with Crippen LogP contribution in [0.25, 0.3) is 0 Å². The van der Waals surface area contributed by atoms with Crippen LogP contribution in [-0.2, 0) is 9.53 Å². The van der Waals surface area contributed by atoms with Gasteiger partial charge in [-0.1, -0.05) is 0 Å². The normalized spacial score (nSPS) is 9.79. The van der Waals surface area contributed by atoms with E-state index in [0.717, 1.165) is 0 Å². The van der Waals surface area contributed by atoms with Crippen molar-refractivity contribution in [3.05, 3.63) is 24.5 Å². The number of carbonyl (C=O) groups is 2. The molecule has 0 N–H and O–H groups in total. The average Bonchev–Trinajstić information content (AvgIpc) is 2.67. The van der Waals surface area contributed by atoms with E-state index >= 15 is 0 Å². The van der Waals surface area contributed by atoms with E-state index in [-0.39, 0.29) is 24.7 Å². The summed E-state index contributed by atoms with van der Waals surface area (Å²) in [4.78, 5) is 22.3. The molecule has 0 unspecified atom stereocenters. The maximum atomic E-state index is 11.4. The van der Waals surface area contributed by atoms with E-state index in [1.165, 1.54) is 4.57 Å². The second kappa shape index (κ2) is 5.21. The third kappa shape index (κ3) is 3.05. The molecule has 0 fully saturated rings. The van der Waals surface area contributed by atoms with E-state index in [9.17, 15) is 9.59 Å². The number of hydrogen-bond acceptors (Lipinski definition) is 3. The number of rotatable bonds is 4. The number of aromatic nitrogens is 1. The Morgan fingerprint density at radius 2 is 1.86 bits per heavy atom. The molecule has 0 aliphatic heterocycles. The second-order valence-electron chi connectivity index (χ2n) is 2.79. The van der Waals surface area contributed by atoms with Gasteiger partial charge in [-0.25, -0.2) is 0 Å². The van der Waals surface area contributed by atoms with Gasteiger partial charge in [-0.05, 0) is 19.1 Å². The van der Waals surface area contributed by atoms with Gasteiger partial charge in [0.15, 0.2) is 0 Å². The first-order valence-corrected chi connectivity index (χ1v) is 4.56. The van der Waals surface area contributed by atoms with Gasteiger partial charge in [-0.3, -0.25) is 14.2 Å². The van der Waals surface area contributed by atoms with Gasteiger partial charge in [-0.2, -0.15) is 0 Å². The molecule has 0 bridgehead atoms. The molecule has 4 heteroatoms. The molecule has 1 heterocycles. The zero-order valence-corrected chi connectivity index (χ0v) is 8.10. The Morgan fingerprint density at radius 1 is 1.21 bits per heavy atom. The number of hydrogen-bond donors (Lipinski definition) is 0. The SMILES string of the molecule is CCOC(=O)CCC(=O)n1cccc1. The molecule has 1 aromatic heterocycles. The van der Waals surface area contributed by atoms with Crippen molar-refractivity contribution < 1.29 is 14.3 Å². The van der Waals surface area contributed by atoms with Crippen LogP contribution in [0.5, 0.6) is 0 Å². The highest BCUT2D eigenvalue weighted by molar-refractivity contribution is 5.83. The minimum absolute atomic E-state index is 0.0944. The smallest absolute Gasteiger partial charge is 0.306 e. The molecule has 1 aromatic rings. The zero-order valence-electron chi connectivity index (χ0n) is 8.10. The second-order valence-corrected chi connectivity index (χ2v) is 2.79. The topological polar surface area (TPSA) is 48.3 Å². The first kappa shape index (κ1) is 10.5. The first-order valence-electron chi connectivity index (χ1n) is 4.56. The lowest BCUT2D eigenvalue weighted by Crippen LogP contribution is -2.12. The van der Waals surface area contributed by atoms with Crippen LogP contribution in [0.2, 0.25) is 0 Å². The van der Waals surface area contributed by atoms with E-state index in [4.69, 9.17) is 4.74 Å². The van der Waals surface area contributed by atoms with E-state index < -0.39 is 0 Å². The standard InChI is InChI=1S/C10H13NO3/c1-2-14-10(13)6-5-9(12)11-7-3-4-8-11/h3-4,7-8H,2,5-6H2,1H3. The maximum Gasteiger partial charge on any atom is 0.306 e. The van der Waals surface area contributed by atoms with Gasteiger partial charge in [-0.15, -0.1) is 0 Å². The summed E-state index contributed by atoms with van der Waals surface area (Å²) < 4.78 is 6.17. The van der Waals surface area contributed by atoms with Crippen molar-refractivity contribution in [1.29, 1.82) is 0 Å². The molecule has 0 aliphatic rings. The van der Waals surface area contributed by atoms with Gasteiger partial charge >= 0.3 is 5.97 Å². The third-order valence-electron chi connectivity index (χ3n) is 1.74. The van der Waals surface area contributed by atoms with Crippen molar-refractivity contribution in [2.24, 2.45) is 0 Å². The molecule has 76 valence electrons. The molecule has 0 saturated heterocycles. The summed E-state index contributed by atoms with van der Waals surface area (Å²) >= 11 is 0. The molecule has 4 nitrogen and oxygen atoms in total. The van der Waals surface area contributed by atoms with Gasteiger partial charge in [0.1, 0.15) is 0 Å². The summed E-state index contributed by atoms with van der Waals surface area (Å²) in [5.41, 5.74) is 0. The quantitative estimate of drug-likeness (QED) is 0.683. The lowest BCUT2D eigenvalue weighted by Gasteiger charge is -2.01. The summed E-state index contributed by atoms with van der Waals surface area (Å²) in [6.07, 6.45) is 3.65. The van der Waals surface area contributed by atoms with Crippen molar-refractivity contribution in [2.45, 2.75) is 19.8 Å². The number of esters is 1. The van der Waals surface area contributed by atoms with Crippen LogP contribution >= 0.6 is 0 Å². The Bertz CT molecular complexity index is 303. The Hall–Kier alpha value is -1.58. The minimum atomic E-state index is -0.326. The molecule has 0 spiro atoms. The zero-order chi connectivity index (χ0) is 10.4. The molecule has 0 atom stereocenters. The van der Waals surface area contributed by atoms with Crippen molar-refractivity contribution in [3.8, 4) is 0 Å². The lowest BCUT2D eigenvalue weighted by molar-refractivity contribution is -0.143. The largest absolute Gasteiger partial charge is 0.466 e. The predicted molar refractivity (Wildman–Crippen MR) is 50.9 cm³/mol. The van der Waals surface area contributed by atoms with Crippen molar-refractivity contribution in [1.82, 2.24) is 4.57 Å². The number of ether oxygens (including phenoxy) is 1. The van der Waals surface area contributed by atoms with E-state index in [0.29, 0.717) is 6.61 Å². The Labute approximate surface area is 82.5 Å². The molecule has 14 heavy (non-hydrogen) atoms. The van der Waals surface area contributed by atoms with Gasteiger partial charge in [0, 0.05) is 18.8 Å². The molecule has 0 amide bonds. The third-order valence-corrected chi connectivity index (χ3v) is 1.74. The van der Waals surface area contributed by atoms with Crippen LogP contribution in [-0.4, -0.2) is 23.1 Å². The van der Waals surface area contributed by atoms with Crippen LogP contribution in [0.15, 0.2) is 24.5 Å². The fourth-order valence-corrected chi connectivity index (χ4v) is 1.07. The van der Waals surface area contributed by atoms with Crippen molar-refractivity contribution >= 4 is 11.9 Å². The van der Waals surface area contributed by atoms with Crippen LogP contribution in [0.4, 0.5) is 0 Å². The van der Waals surface area contributed by atoms with Crippen LogP contribution < -0.4 is 0 Å². The summed E-state index contributed by atoms with van der Waals surface area (Å²) in [5.74, 6) is -0.420. The van der Waals surface area contributed by atoms with Crippen LogP contribution in [0, 0.1) is 0 Å². The predicted octanol–water partition coefficient (Wildman–Crippen LogP) is 1.47. The highest BCUT2D eigenvalue weighted by Crippen LogP contribution is 1.98. The van der Waals surface area contributed by atoms with Gasteiger partial charge < -0.3 is 4.74 Å². The van der Waals surface area contributed by atoms with Crippen LogP contribution in [0.1, 0.15) is 24.6 Å². The van der Waals surface area contributed by atoms with E-state index in [1.54, 1.807) is 31.5 Å². The van der Waals surface area contributed by atoms with Gasteiger partial charge in [0.05, 0.1) is 13.0 Å². The first-order chi connectivity index (χ1) is 6.74. The Morgan fingerprint density at radius 3 is 2.43 bits per heavy atom. The molecule has 0 aliphatic carbocycles. The maximum absolute atomic E-state index is 11.4. The van der Waals surface area contributed by atoms with Crippen LogP contribution in [0.3, 0.4) is 0 Å². The van der Waals surface area contributed by atoms with Gasteiger partial charge in [0.2, 0.25) is 5.91 Å². The highest BCUT2D eigenvalue weighted by Gasteiger charge is 2.07. The molecular weight excluding hydrogens is 182 g/mol. The fourth-order valence-electron chi connectivity index (χ4n) is 1.07. The summed E-state index contributed by atoms with van der Waals surface area (Å²) in [6, 6.07) is 3.53. The van der Waals surface area contributed by atoms with Crippen molar-refractivity contribution in [3.63, 3.8) is 0 Å². The highest BCUT2D eigenvalue weighted by atomic mass is 16.5. The van der Waals surface area contributed by atoms with E-state index in [2.05, 4.69) is 0 Å². The summed E-state index contributed by atoms with van der Waals surface area (Å²) in [5, 5.41) is 0. The number of carbonyl (C=O) groups excluding carboxylic acids is 2. The fraction of sp³-hybridized carbons (Fsp3) is 0.400. The van der Waals surface area contributed by atoms with E-state index in [1.807, 2.05) is 0 Å². The summed E-state index contributed by atoms with van der Waals surface area (Å²) in [7, 11) is 0. The summed E-state index contributed by atoms with van der Waals surface area (Å²) in [6.45, 7) is 2.10. The molecule has 1 rings (SSSR count).